The van der Waals surface area contributed by atoms with Crippen molar-refractivity contribution < 1.29 is 14.3 Å². The molecule has 0 bridgehead atoms. The quantitative estimate of drug-likeness (QED) is 0.686. The maximum atomic E-state index is 13.0. The summed E-state index contributed by atoms with van der Waals surface area (Å²) in [6.45, 7) is 1.92. The summed E-state index contributed by atoms with van der Waals surface area (Å²) in [7, 11) is 0. The molecule has 3 aromatic rings. The van der Waals surface area contributed by atoms with Crippen LogP contribution in [0.1, 0.15) is 34.2 Å². The number of para-hydroxylation sites is 1. The summed E-state index contributed by atoms with van der Waals surface area (Å²) in [6, 6.07) is 12.2. The summed E-state index contributed by atoms with van der Waals surface area (Å²) in [6.07, 6.45) is 0.583. The van der Waals surface area contributed by atoms with Crippen LogP contribution in [0.25, 0.3) is 11.0 Å². The second kappa shape index (κ2) is 5.90. The second-order valence-electron chi connectivity index (χ2n) is 5.05. The average Bonchev–Trinajstić information content (AvgIpc) is 2.95. The fourth-order valence-electron chi connectivity index (χ4n) is 2.55. The predicted octanol–water partition coefficient (Wildman–Crippen LogP) is 4.57. The van der Waals surface area contributed by atoms with Crippen molar-refractivity contribution in [3.8, 4) is 11.8 Å². The molecule has 0 radical (unpaired) electrons. The third kappa shape index (κ3) is 2.51. The number of nitrogens with zero attached hydrogens (tertiary/aromatic N) is 1. The second-order valence-corrected chi connectivity index (χ2v) is 5.90. The first-order valence-corrected chi connectivity index (χ1v) is 7.83. The molecule has 0 aliphatic carbocycles. The topological polar surface area (TPSA) is 74.2 Å². The summed E-state index contributed by atoms with van der Waals surface area (Å²) in [5.41, 5.74) is 1.54. The number of halogens is 1. The van der Waals surface area contributed by atoms with E-state index in [1.165, 1.54) is 12.1 Å². The Morgan fingerprint density at radius 2 is 2.09 bits per heavy atom. The Bertz CT molecular complexity index is 966. The third-order valence-electron chi connectivity index (χ3n) is 3.66. The highest BCUT2D eigenvalue weighted by Crippen LogP contribution is 2.33. The van der Waals surface area contributed by atoms with E-state index in [1.54, 1.807) is 0 Å². The van der Waals surface area contributed by atoms with Crippen LogP contribution in [0.3, 0.4) is 0 Å². The number of benzene rings is 2. The molecule has 0 spiro atoms. The Balaban J connectivity index is 2.22. The van der Waals surface area contributed by atoms with E-state index in [0.29, 0.717) is 33.4 Å². The van der Waals surface area contributed by atoms with Gasteiger partial charge in [-0.1, -0.05) is 25.1 Å². The van der Waals surface area contributed by atoms with Gasteiger partial charge in [-0.2, -0.15) is 5.26 Å². The van der Waals surface area contributed by atoms with Crippen LogP contribution >= 0.6 is 15.9 Å². The molecule has 0 aliphatic rings. The van der Waals surface area contributed by atoms with E-state index < -0.39 is 0 Å². The van der Waals surface area contributed by atoms with E-state index in [-0.39, 0.29) is 17.1 Å². The molecule has 1 N–H and O–H groups in total. The van der Waals surface area contributed by atoms with Gasteiger partial charge in [0.1, 0.15) is 23.2 Å². The summed E-state index contributed by atoms with van der Waals surface area (Å²) in [5, 5.41) is 19.6. The smallest absolute Gasteiger partial charge is 0.197 e. The number of phenolic OH excluding ortho intramolecular Hbond substituents is 1. The van der Waals surface area contributed by atoms with Crippen molar-refractivity contribution in [2.75, 3.05) is 0 Å². The van der Waals surface area contributed by atoms with E-state index in [2.05, 4.69) is 15.9 Å². The first kappa shape index (κ1) is 15.3. The number of rotatable bonds is 3. The Morgan fingerprint density at radius 1 is 1.35 bits per heavy atom. The zero-order valence-corrected chi connectivity index (χ0v) is 13.8. The van der Waals surface area contributed by atoms with Gasteiger partial charge in [0, 0.05) is 17.4 Å². The number of fused-ring (bicyclic) bond motifs is 1. The molecule has 0 unspecified atom stereocenters. The van der Waals surface area contributed by atoms with Crippen LogP contribution in [0, 0.1) is 11.3 Å². The summed E-state index contributed by atoms with van der Waals surface area (Å²) in [5.74, 6) is 0.208. The molecule has 0 saturated carbocycles. The number of carbonyl (C=O) groups excluding carboxylic acids is 1. The van der Waals surface area contributed by atoms with E-state index >= 15 is 0 Å². The van der Waals surface area contributed by atoms with Gasteiger partial charge in [0.15, 0.2) is 5.78 Å². The minimum absolute atomic E-state index is 0.0496. The number of nitriles is 1. The third-order valence-corrected chi connectivity index (χ3v) is 4.27. The normalized spacial score (nSPS) is 10.7. The van der Waals surface area contributed by atoms with Crippen molar-refractivity contribution in [3.63, 3.8) is 0 Å². The number of carbonyl (C=O) groups is 1. The van der Waals surface area contributed by atoms with Gasteiger partial charge in [-0.3, -0.25) is 4.79 Å². The van der Waals surface area contributed by atoms with Crippen LogP contribution in [-0.2, 0) is 6.42 Å². The molecule has 0 saturated heterocycles. The molecule has 5 heteroatoms. The number of hydrogen-bond donors (Lipinski definition) is 1. The number of aryl methyl sites for hydroxylation is 1. The highest BCUT2D eigenvalue weighted by molar-refractivity contribution is 9.10. The molecule has 0 atom stereocenters. The maximum absolute atomic E-state index is 13.0. The van der Waals surface area contributed by atoms with E-state index in [0.717, 1.165) is 5.39 Å². The summed E-state index contributed by atoms with van der Waals surface area (Å²) < 4.78 is 6.07. The largest absolute Gasteiger partial charge is 0.505 e. The van der Waals surface area contributed by atoms with Gasteiger partial charge in [0.25, 0.3) is 0 Å². The summed E-state index contributed by atoms with van der Waals surface area (Å²) >= 11 is 3.18. The highest BCUT2D eigenvalue weighted by atomic mass is 79.9. The number of furan rings is 1. The lowest BCUT2D eigenvalue weighted by Gasteiger charge is -2.05. The minimum Gasteiger partial charge on any atom is -0.505 e. The van der Waals surface area contributed by atoms with Crippen LogP contribution in [0.15, 0.2) is 45.3 Å². The maximum Gasteiger partial charge on any atom is 0.197 e. The van der Waals surface area contributed by atoms with Gasteiger partial charge in [-0.25, -0.2) is 0 Å². The molecule has 0 amide bonds. The van der Waals surface area contributed by atoms with Crippen molar-refractivity contribution >= 4 is 32.7 Å². The van der Waals surface area contributed by atoms with E-state index in [1.807, 2.05) is 37.3 Å². The van der Waals surface area contributed by atoms with E-state index in [9.17, 15) is 9.90 Å². The van der Waals surface area contributed by atoms with Gasteiger partial charge >= 0.3 is 0 Å². The Hall–Kier alpha value is -2.58. The van der Waals surface area contributed by atoms with Crippen LogP contribution < -0.4 is 0 Å². The Morgan fingerprint density at radius 3 is 2.78 bits per heavy atom. The van der Waals surface area contributed by atoms with E-state index in [4.69, 9.17) is 9.68 Å². The van der Waals surface area contributed by atoms with Crippen molar-refractivity contribution in [2.45, 2.75) is 13.3 Å². The Kier molecular flexibility index (Phi) is 3.93. The highest BCUT2D eigenvalue weighted by Gasteiger charge is 2.22. The van der Waals surface area contributed by atoms with Crippen molar-refractivity contribution in [2.24, 2.45) is 0 Å². The molecule has 0 fully saturated rings. The standard InChI is InChI=1S/C18H12BrNO3/c1-2-14-16(12-5-3-4-6-15(12)23-14)18(22)10-7-11(9-20)17(21)13(19)8-10/h3-8,21H,2H2,1H3. The van der Waals surface area contributed by atoms with Crippen LogP contribution in [0.4, 0.5) is 0 Å². The fraction of sp³-hybridized carbons (Fsp3) is 0.111. The molecule has 1 aromatic heterocycles. The lowest BCUT2D eigenvalue weighted by molar-refractivity contribution is 0.103. The predicted molar refractivity (Wildman–Crippen MR) is 89.5 cm³/mol. The molecular weight excluding hydrogens is 358 g/mol. The van der Waals surface area contributed by atoms with Crippen LogP contribution in [0.5, 0.6) is 5.75 Å². The molecule has 2 aromatic carbocycles. The number of hydrogen-bond acceptors (Lipinski definition) is 4. The number of aromatic hydroxyl groups is 1. The van der Waals surface area contributed by atoms with Crippen LogP contribution in [-0.4, -0.2) is 10.9 Å². The van der Waals surface area contributed by atoms with Crippen molar-refractivity contribution in [1.82, 2.24) is 0 Å². The van der Waals surface area contributed by atoms with Gasteiger partial charge in [-0.15, -0.1) is 0 Å². The fourth-order valence-corrected chi connectivity index (χ4v) is 3.01. The molecule has 23 heavy (non-hydrogen) atoms. The zero-order chi connectivity index (χ0) is 16.6. The molecule has 0 aliphatic heterocycles. The summed E-state index contributed by atoms with van der Waals surface area (Å²) in [4.78, 5) is 13.0. The molecule has 3 rings (SSSR count). The number of phenols is 1. The van der Waals surface area contributed by atoms with Crippen LogP contribution in [0.2, 0.25) is 0 Å². The van der Waals surface area contributed by atoms with Gasteiger partial charge in [0.2, 0.25) is 0 Å². The van der Waals surface area contributed by atoms with Crippen molar-refractivity contribution in [3.05, 3.63) is 63.3 Å². The SMILES string of the molecule is CCc1oc2ccccc2c1C(=O)c1cc(Br)c(O)c(C#N)c1. The van der Waals surface area contributed by atoms with Gasteiger partial charge < -0.3 is 9.52 Å². The Labute approximate surface area is 141 Å². The van der Waals surface area contributed by atoms with Gasteiger partial charge in [-0.05, 0) is 34.1 Å². The molecular formula is C18H12BrNO3. The average molecular weight is 370 g/mol. The van der Waals surface area contributed by atoms with Crippen molar-refractivity contribution in [1.29, 1.82) is 5.26 Å². The monoisotopic (exact) mass is 369 g/mol. The first-order valence-electron chi connectivity index (χ1n) is 7.04. The molecule has 1 heterocycles. The lowest BCUT2D eigenvalue weighted by atomic mass is 9.98. The minimum atomic E-state index is -0.232. The first-order chi connectivity index (χ1) is 11.1. The number of ketones is 1. The molecule has 114 valence electrons. The lowest BCUT2D eigenvalue weighted by Crippen LogP contribution is -2.04. The molecule has 4 nitrogen and oxygen atoms in total. The zero-order valence-electron chi connectivity index (χ0n) is 12.3. The van der Waals surface area contributed by atoms with Gasteiger partial charge in [0.05, 0.1) is 15.6 Å².